The van der Waals surface area contributed by atoms with Crippen molar-refractivity contribution in [2.24, 2.45) is 5.73 Å². The number of hydrogen-bond acceptors (Lipinski definition) is 14. The van der Waals surface area contributed by atoms with Gasteiger partial charge in [-0.3, -0.25) is 43.2 Å². The number of thioether (sulfide) groups is 2. The predicted octanol–water partition coefficient (Wildman–Crippen LogP) is 4.46. The number of H-pyrrole nitrogens is 2. The molecule has 27 heteroatoms. The lowest BCUT2D eigenvalue weighted by atomic mass is 9.95. The van der Waals surface area contributed by atoms with Crippen LogP contribution in [0.3, 0.4) is 0 Å². The molecule has 3 aliphatic rings. The minimum Gasteiger partial charge on any atom is -0.497 e. The molecule has 2 bridgehead atoms. The highest BCUT2D eigenvalue weighted by molar-refractivity contribution is 7.98. The Morgan fingerprint density at radius 1 is 0.667 bits per heavy atom. The molecule has 514 valence electrons. The Balaban J connectivity index is 1.03. The lowest BCUT2D eigenvalue weighted by molar-refractivity contribution is -0.147. The van der Waals surface area contributed by atoms with Crippen LogP contribution in [-0.4, -0.2) is 177 Å². The predicted molar refractivity (Wildman–Crippen MR) is 363 cm³/mol. The highest BCUT2D eigenvalue weighted by atomic mass is 32.2. The molecule has 96 heavy (non-hydrogen) atoms. The summed E-state index contributed by atoms with van der Waals surface area (Å²) >= 11 is 3.16. The van der Waals surface area contributed by atoms with E-state index in [0.717, 1.165) is 11.1 Å². The normalized spacial score (nSPS) is 24.4. The summed E-state index contributed by atoms with van der Waals surface area (Å²) < 4.78 is 35.2. The summed E-state index contributed by atoms with van der Waals surface area (Å²) in [6.07, 6.45) is 3.40. The molecule has 0 radical (unpaired) electrons. The fourth-order valence-corrected chi connectivity index (χ4v) is 14.3. The largest absolute Gasteiger partial charge is 0.497 e. The molecule has 12 N–H and O–H groups in total. The van der Waals surface area contributed by atoms with Crippen LogP contribution < -0.4 is 47.7 Å². The lowest BCUT2D eigenvalue weighted by Crippen LogP contribution is -2.63. The van der Waals surface area contributed by atoms with Crippen LogP contribution in [0.2, 0.25) is 0 Å². The first-order valence-corrected chi connectivity index (χ1v) is 34.9. The molecule has 2 saturated heterocycles. The Bertz CT molecular complexity index is 3780. The van der Waals surface area contributed by atoms with E-state index in [1.807, 2.05) is 18.2 Å². The molecule has 9 atom stereocenters. The topological polar surface area (TPSA) is 331 Å². The molecule has 0 saturated carbocycles. The third-order valence-electron chi connectivity index (χ3n) is 18.0. The Morgan fingerprint density at radius 2 is 1.28 bits per heavy atom. The average Bonchev–Trinajstić information content (AvgIpc) is 1.56. The third-order valence-corrected chi connectivity index (χ3v) is 20.0. The first kappa shape index (κ1) is 71.8. The molecule has 2 fully saturated rings. The van der Waals surface area contributed by atoms with E-state index < -0.39 is 107 Å². The van der Waals surface area contributed by atoms with Crippen LogP contribution in [0.25, 0.3) is 21.8 Å². The molecule has 0 aliphatic carbocycles. The van der Waals surface area contributed by atoms with Crippen LogP contribution in [0, 0.1) is 11.6 Å². The van der Waals surface area contributed by atoms with Gasteiger partial charge in [0.1, 0.15) is 65.2 Å². The van der Waals surface area contributed by atoms with E-state index in [0.29, 0.717) is 106 Å². The number of nitrogens with one attached hydrogen (secondary N) is 9. The number of aromatic nitrogens is 2. The number of carbonyl (C=O) groups is 9. The van der Waals surface area contributed by atoms with E-state index in [1.54, 1.807) is 67.1 Å². The second kappa shape index (κ2) is 33.4. The van der Waals surface area contributed by atoms with Gasteiger partial charge < -0.3 is 72.6 Å². The number of nitrogens with zero attached hydrogens (tertiary/aromatic N) is 2. The van der Waals surface area contributed by atoms with Gasteiger partial charge in [-0.2, -0.15) is 23.5 Å². The molecule has 23 nitrogen and oxygen atoms in total. The number of unbranched alkanes of at least 4 members (excludes halogenated alkanes) is 1. The van der Waals surface area contributed by atoms with Crippen LogP contribution in [-0.2, 0) is 73.9 Å². The van der Waals surface area contributed by atoms with Gasteiger partial charge in [-0.05, 0) is 149 Å². The van der Waals surface area contributed by atoms with Crippen LogP contribution >= 0.6 is 23.5 Å². The fraction of sp³-hybridized carbons (Fsp3) is 0.464. The lowest BCUT2D eigenvalue weighted by Gasteiger charge is -2.37. The van der Waals surface area contributed by atoms with Crippen molar-refractivity contribution in [3.8, 4) is 5.75 Å². The summed E-state index contributed by atoms with van der Waals surface area (Å²) in [5.41, 5.74) is 9.03. The standard InChI is InChI=1S/C69H86F2N12O11S2/c1-40-61(86)78-55(32-45-36-74-52-20-16-47(70)34-50(45)52)63(88)79-57(33-46-37-75-53-21-17-48(71)35-51(46)53)66(91)82-26-8-13-58(82)64(89)81-60(41(2)84)65(90)80-56(31-42-14-18-49(94-4)19-15-42)67(92)83-27-9-23-69(83,3)68(93)73-25-29-96-39-44-11-7-10-43(30-44)38-95-28-22-59(85)77-54(62(87)76-40)12-5-6-24-72/h7,10-11,14-21,30,34-37,40-41,54-58,60,74-75,84H,5-6,8-9,12-13,22-29,31-33,38-39,72H2,1-4H3,(H,73,93)(H,76,87)(H,77,85)(H,78,86)(H,79,88)(H,80,90)(H,81,89)/t40-,41+,54+,55+,56+,57+,58-,60-,69+/m1/s1. The summed E-state index contributed by atoms with van der Waals surface area (Å²) in [7, 11) is 1.51. The van der Waals surface area contributed by atoms with Gasteiger partial charge in [0, 0.05) is 103 Å². The summed E-state index contributed by atoms with van der Waals surface area (Å²) in [6, 6.07) is 13.2. The minimum atomic E-state index is -1.69. The highest BCUT2D eigenvalue weighted by Gasteiger charge is 2.48. The molecule has 2 aromatic heterocycles. The van der Waals surface area contributed by atoms with Crippen molar-refractivity contribution in [1.82, 2.24) is 57.0 Å². The molecular formula is C69H86F2N12O11S2. The van der Waals surface area contributed by atoms with Gasteiger partial charge in [-0.1, -0.05) is 36.4 Å². The molecule has 5 heterocycles. The zero-order valence-corrected chi connectivity index (χ0v) is 56.0. The third kappa shape index (κ3) is 18.3. The number of ether oxygens (including phenoxy) is 1. The molecule has 9 rings (SSSR count). The SMILES string of the molecule is COc1ccc(C[C@@H]2NC(=O)[C@@H]([C@H](C)O)NC(=O)[C@H]3CCCN3C(=O)[C@H](Cc3c[nH]c4ccc(F)cc34)NC(=O)[C@H](Cc3c[nH]c4ccc(F)cc34)NC(=O)[C@@H](C)NC(=O)[C@H](CCCCN)NC(=O)CCSCc3cccc(c3)CSCCNC(=O)[C@]3(C)CCCN3C2=O)cc1. The first-order valence-electron chi connectivity index (χ1n) is 32.6. The number of carbonyl (C=O) groups excluding carboxylic acids is 9. The van der Waals surface area contributed by atoms with Gasteiger partial charge in [0.15, 0.2) is 0 Å². The quantitative estimate of drug-likeness (QED) is 0.0754. The van der Waals surface area contributed by atoms with Gasteiger partial charge in [0.25, 0.3) is 0 Å². The number of methoxy groups -OCH3 is 1. The van der Waals surface area contributed by atoms with E-state index in [9.17, 15) is 42.7 Å². The molecule has 4 aromatic carbocycles. The number of aromatic amines is 2. The van der Waals surface area contributed by atoms with E-state index >= 15 is 14.4 Å². The van der Waals surface area contributed by atoms with Crippen molar-refractivity contribution in [2.75, 3.05) is 44.8 Å². The summed E-state index contributed by atoms with van der Waals surface area (Å²) in [5, 5.41) is 31.7. The number of benzene rings is 4. The van der Waals surface area contributed by atoms with Crippen LogP contribution in [0.4, 0.5) is 8.78 Å². The molecule has 0 spiro atoms. The minimum absolute atomic E-state index is 0.0178. The number of aliphatic hydroxyl groups is 1. The van der Waals surface area contributed by atoms with E-state index in [1.165, 1.54) is 67.2 Å². The van der Waals surface area contributed by atoms with Gasteiger partial charge >= 0.3 is 0 Å². The van der Waals surface area contributed by atoms with Crippen LogP contribution in [0.15, 0.2) is 97.3 Å². The second-order valence-electron chi connectivity index (χ2n) is 25.0. The monoisotopic (exact) mass is 1360 g/mol. The molecule has 9 amide bonds. The molecule has 0 unspecified atom stereocenters. The number of halogens is 2. The molecule has 3 aliphatic heterocycles. The van der Waals surface area contributed by atoms with E-state index in [4.69, 9.17) is 10.5 Å². The number of aliphatic hydroxyl groups excluding tert-OH is 1. The van der Waals surface area contributed by atoms with Crippen molar-refractivity contribution in [3.05, 3.63) is 137 Å². The first-order chi connectivity index (χ1) is 46.1. The second-order valence-corrected chi connectivity index (χ2v) is 27.2. The maximum absolute atomic E-state index is 15.4. The van der Waals surface area contributed by atoms with Gasteiger partial charge in [-0.25, -0.2) is 8.78 Å². The molecule has 6 aromatic rings. The van der Waals surface area contributed by atoms with Gasteiger partial charge in [0.2, 0.25) is 53.2 Å². The average molecular weight is 1360 g/mol. The molecular weight excluding hydrogens is 1270 g/mol. The number of rotatable bonds is 12. The maximum atomic E-state index is 15.4. The number of fused-ring (bicyclic) bond motifs is 6. The van der Waals surface area contributed by atoms with Crippen LogP contribution in [0.1, 0.15) is 100.0 Å². The highest BCUT2D eigenvalue weighted by Crippen LogP contribution is 2.32. The van der Waals surface area contributed by atoms with Crippen molar-refractivity contribution in [3.63, 3.8) is 0 Å². The summed E-state index contributed by atoms with van der Waals surface area (Å²) in [5.74, 6) is -4.68. The van der Waals surface area contributed by atoms with Crippen LogP contribution in [0.5, 0.6) is 5.75 Å². The van der Waals surface area contributed by atoms with Crippen molar-refractivity contribution in [2.45, 2.75) is 157 Å². The van der Waals surface area contributed by atoms with E-state index in [2.05, 4.69) is 53.3 Å². The zero-order chi connectivity index (χ0) is 68.6. The van der Waals surface area contributed by atoms with Gasteiger partial charge in [-0.15, -0.1) is 0 Å². The number of nitrogens with two attached hydrogens (primary N) is 1. The smallest absolute Gasteiger partial charge is 0.246 e. The van der Waals surface area contributed by atoms with Crippen molar-refractivity contribution >= 4 is 98.5 Å². The van der Waals surface area contributed by atoms with Crippen molar-refractivity contribution in [1.29, 1.82) is 0 Å². The number of hydrogen-bond donors (Lipinski definition) is 11. The summed E-state index contributed by atoms with van der Waals surface area (Å²) in [6.45, 7) is 5.19. The van der Waals surface area contributed by atoms with Gasteiger partial charge in [0.05, 0.1) is 13.2 Å². The summed E-state index contributed by atoms with van der Waals surface area (Å²) in [4.78, 5) is 140. The maximum Gasteiger partial charge on any atom is 0.246 e. The zero-order valence-electron chi connectivity index (χ0n) is 54.4. The fourth-order valence-electron chi connectivity index (χ4n) is 12.6. The Hall–Kier alpha value is -8.53. The Labute approximate surface area is 564 Å². The van der Waals surface area contributed by atoms with Crippen molar-refractivity contribution < 1.29 is 61.8 Å². The number of amides is 9. The Kier molecular flexibility index (Phi) is 25.0. The Morgan fingerprint density at radius 3 is 1.93 bits per heavy atom. The van der Waals surface area contributed by atoms with E-state index in [-0.39, 0.29) is 69.8 Å².